The monoisotopic (exact) mass is 430 g/mol. The van der Waals surface area contributed by atoms with Crippen molar-refractivity contribution in [2.75, 3.05) is 0 Å². The van der Waals surface area contributed by atoms with E-state index in [0.29, 0.717) is 5.75 Å². The molecular formula is C22H32Cl2OTi. The van der Waals surface area contributed by atoms with Crippen molar-refractivity contribution in [2.45, 2.75) is 65.2 Å². The second kappa shape index (κ2) is 15.6. The maximum atomic E-state index is 10.2. The van der Waals surface area contributed by atoms with Gasteiger partial charge < -0.3 is 5.11 Å². The quantitative estimate of drug-likeness (QED) is 0.325. The zero-order chi connectivity index (χ0) is 16.5. The van der Waals surface area contributed by atoms with Gasteiger partial charge in [-0.15, -0.1) is 24.8 Å². The number of benzene rings is 2. The molecule has 1 nitrogen and oxygen atoms in total. The summed E-state index contributed by atoms with van der Waals surface area (Å²) in [5, 5.41) is 10.2. The van der Waals surface area contributed by atoms with E-state index in [1.807, 2.05) is 18.2 Å². The van der Waals surface area contributed by atoms with E-state index < -0.39 is 0 Å². The van der Waals surface area contributed by atoms with Gasteiger partial charge in [0.2, 0.25) is 0 Å². The summed E-state index contributed by atoms with van der Waals surface area (Å²) in [7, 11) is 0. The average Bonchev–Trinajstić information content (AvgIpc) is 2.56. The van der Waals surface area contributed by atoms with Gasteiger partial charge in [-0.05, 0) is 48.4 Å². The molecule has 0 spiro atoms. The van der Waals surface area contributed by atoms with Crippen molar-refractivity contribution in [1.29, 1.82) is 0 Å². The zero-order valence-corrected chi connectivity index (χ0v) is 19.2. The molecule has 0 aliphatic carbocycles. The normalized spacial score (nSPS) is 9.62. The van der Waals surface area contributed by atoms with Gasteiger partial charge in [-0.3, -0.25) is 0 Å². The fourth-order valence-electron chi connectivity index (χ4n) is 3.08. The Morgan fingerprint density at radius 2 is 1.23 bits per heavy atom. The first kappa shape index (κ1) is 27.8. The number of hydrogen-bond acceptors (Lipinski definition) is 1. The van der Waals surface area contributed by atoms with Crippen molar-refractivity contribution >= 4 is 24.8 Å². The number of rotatable bonds is 9. The molecule has 0 unspecified atom stereocenters. The van der Waals surface area contributed by atoms with E-state index >= 15 is 0 Å². The Kier molecular flexibility index (Phi) is 16.6. The van der Waals surface area contributed by atoms with Crippen LogP contribution in [0.4, 0.5) is 0 Å². The Labute approximate surface area is 186 Å². The summed E-state index contributed by atoms with van der Waals surface area (Å²) in [4.78, 5) is 0. The van der Waals surface area contributed by atoms with E-state index in [1.54, 1.807) is 6.07 Å². The second-order valence-electron chi connectivity index (χ2n) is 6.47. The standard InChI is InChI=1S/C22H30O.2ClH.Ti/c1-3-5-7-11-18-15-19(12-8-6-4-2)17-20(16-18)21-13-9-10-14-22(21)23;;;/h9-10,13-17,23H,3-8,11-12H2,1-2H3;2*1H;. The summed E-state index contributed by atoms with van der Waals surface area (Å²) in [6.45, 7) is 4.49. The van der Waals surface area contributed by atoms with E-state index in [9.17, 15) is 5.11 Å². The Morgan fingerprint density at radius 1 is 0.731 bits per heavy atom. The van der Waals surface area contributed by atoms with E-state index in [0.717, 1.165) is 24.0 Å². The first-order valence-electron chi connectivity index (χ1n) is 9.15. The van der Waals surface area contributed by atoms with Gasteiger partial charge >= 0.3 is 0 Å². The summed E-state index contributed by atoms with van der Waals surface area (Å²) in [6.07, 6.45) is 9.83. The van der Waals surface area contributed by atoms with Crippen LogP contribution in [-0.2, 0) is 34.6 Å². The molecule has 26 heavy (non-hydrogen) atoms. The van der Waals surface area contributed by atoms with E-state index in [-0.39, 0.29) is 46.5 Å². The van der Waals surface area contributed by atoms with Crippen LogP contribution in [0.15, 0.2) is 42.5 Å². The molecule has 0 radical (unpaired) electrons. The third-order valence-corrected chi connectivity index (χ3v) is 4.41. The topological polar surface area (TPSA) is 20.2 Å². The van der Waals surface area contributed by atoms with Gasteiger partial charge in [0.15, 0.2) is 0 Å². The number of unbranched alkanes of at least 4 members (excludes halogenated alkanes) is 4. The van der Waals surface area contributed by atoms with Crippen LogP contribution in [-0.4, -0.2) is 5.11 Å². The molecule has 0 aliphatic heterocycles. The van der Waals surface area contributed by atoms with Crippen LogP contribution in [0.2, 0.25) is 0 Å². The van der Waals surface area contributed by atoms with Gasteiger partial charge in [-0.25, -0.2) is 0 Å². The molecule has 1 N–H and O–H groups in total. The minimum atomic E-state index is 0. The van der Waals surface area contributed by atoms with Crippen molar-refractivity contribution < 1.29 is 26.8 Å². The molecule has 2 aromatic rings. The summed E-state index contributed by atoms with van der Waals surface area (Å²) in [5.74, 6) is 0.373. The third-order valence-electron chi connectivity index (χ3n) is 4.41. The van der Waals surface area contributed by atoms with Gasteiger partial charge in [-0.1, -0.05) is 75.9 Å². The first-order valence-corrected chi connectivity index (χ1v) is 9.15. The van der Waals surface area contributed by atoms with Crippen LogP contribution in [0.5, 0.6) is 5.75 Å². The summed E-state index contributed by atoms with van der Waals surface area (Å²) in [5.41, 5.74) is 4.92. The summed E-state index contributed by atoms with van der Waals surface area (Å²) < 4.78 is 0. The minimum Gasteiger partial charge on any atom is -0.507 e. The number of aromatic hydroxyl groups is 1. The molecule has 0 bridgehead atoms. The molecule has 0 saturated heterocycles. The first-order chi connectivity index (χ1) is 11.2. The van der Waals surface area contributed by atoms with Crippen molar-refractivity contribution in [1.82, 2.24) is 0 Å². The van der Waals surface area contributed by atoms with Crippen LogP contribution >= 0.6 is 24.8 Å². The molecule has 4 heteroatoms. The Morgan fingerprint density at radius 3 is 1.69 bits per heavy atom. The Hall–Kier alpha value is -0.466. The third kappa shape index (κ3) is 8.95. The van der Waals surface area contributed by atoms with Crippen molar-refractivity contribution in [3.05, 3.63) is 53.6 Å². The van der Waals surface area contributed by atoms with Gasteiger partial charge in [0.05, 0.1) is 0 Å². The molecule has 0 amide bonds. The largest absolute Gasteiger partial charge is 0.507 e. The smallest absolute Gasteiger partial charge is 0.123 e. The molecular weight excluding hydrogens is 399 g/mol. The number of halogens is 2. The number of para-hydroxylation sites is 1. The molecule has 0 atom stereocenters. The molecule has 0 saturated carbocycles. The molecule has 0 heterocycles. The molecule has 0 fully saturated rings. The average molecular weight is 431 g/mol. The van der Waals surface area contributed by atoms with Crippen LogP contribution in [0.1, 0.15) is 63.5 Å². The fourth-order valence-corrected chi connectivity index (χ4v) is 3.08. The van der Waals surface area contributed by atoms with Crippen LogP contribution in [0, 0.1) is 0 Å². The van der Waals surface area contributed by atoms with E-state index in [2.05, 4.69) is 32.0 Å². The van der Waals surface area contributed by atoms with Crippen LogP contribution < -0.4 is 0 Å². The number of aryl methyl sites for hydroxylation is 2. The van der Waals surface area contributed by atoms with Gasteiger partial charge in [0.25, 0.3) is 0 Å². The number of hydrogen-bond donors (Lipinski definition) is 1. The summed E-state index contributed by atoms with van der Waals surface area (Å²) >= 11 is 0. The predicted octanol–water partition coefficient (Wildman–Crippen LogP) is 7.37. The van der Waals surface area contributed by atoms with E-state index in [1.165, 1.54) is 49.7 Å². The SMILES string of the molecule is CCCCCc1cc(CCCCC)cc(-c2ccccc2O)c1.Cl.Cl.[Ti]. The Balaban J connectivity index is 0. The van der Waals surface area contributed by atoms with Crippen LogP contribution in [0.25, 0.3) is 11.1 Å². The molecule has 144 valence electrons. The maximum Gasteiger partial charge on any atom is 0.123 e. The predicted molar refractivity (Wildman–Crippen MR) is 114 cm³/mol. The second-order valence-corrected chi connectivity index (χ2v) is 6.47. The fraction of sp³-hybridized carbons (Fsp3) is 0.455. The molecule has 2 rings (SSSR count). The van der Waals surface area contributed by atoms with Crippen molar-refractivity contribution in [2.24, 2.45) is 0 Å². The van der Waals surface area contributed by atoms with Gasteiger partial charge in [0.1, 0.15) is 5.75 Å². The molecule has 2 aromatic carbocycles. The minimum absolute atomic E-state index is 0. The van der Waals surface area contributed by atoms with Gasteiger partial charge in [0, 0.05) is 27.3 Å². The van der Waals surface area contributed by atoms with Crippen molar-refractivity contribution in [3.8, 4) is 16.9 Å². The van der Waals surface area contributed by atoms with Crippen molar-refractivity contribution in [3.63, 3.8) is 0 Å². The zero-order valence-electron chi connectivity index (χ0n) is 16.0. The molecule has 0 aliphatic rings. The Bertz CT molecular complexity index is 589. The number of phenolic OH excluding ortho intramolecular Hbond substituents is 1. The van der Waals surface area contributed by atoms with Crippen LogP contribution in [0.3, 0.4) is 0 Å². The van der Waals surface area contributed by atoms with Gasteiger partial charge in [-0.2, -0.15) is 0 Å². The maximum absolute atomic E-state index is 10.2. The summed E-state index contributed by atoms with van der Waals surface area (Å²) in [6, 6.07) is 14.5. The number of phenols is 1. The molecule has 0 aromatic heterocycles. The van der Waals surface area contributed by atoms with E-state index in [4.69, 9.17) is 0 Å².